The predicted octanol–water partition coefficient (Wildman–Crippen LogP) is 3.56. The summed E-state index contributed by atoms with van der Waals surface area (Å²) in [5.41, 5.74) is 4.04. The summed E-state index contributed by atoms with van der Waals surface area (Å²) in [6, 6.07) is 3.79. The monoisotopic (exact) mass is 361 g/mol. The van der Waals surface area contributed by atoms with Gasteiger partial charge in [-0.2, -0.15) is 5.10 Å². The van der Waals surface area contributed by atoms with Crippen molar-refractivity contribution in [2.24, 2.45) is 0 Å². The van der Waals surface area contributed by atoms with Crippen LogP contribution in [-0.2, 0) is 18.4 Å². The summed E-state index contributed by atoms with van der Waals surface area (Å²) in [6.45, 7) is 2.94. The van der Waals surface area contributed by atoms with Gasteiger partial charge in [-0.05, 0) is 43.9 Å². The number of nitrogens with zero attached hydrogens (tertiary/aromatic N) is 2. The minimum Gasteiger partial charge on any atom is -0.493 e. The molecule has 1 aromatic carbocycles. The fourth-order valence-electron chi connectivity index (χ4n) is 4.59. The number of H-pyrrole nitrogens is 1. The van der Waals surface area contributed by atoms with Crippen LogP contribution in [0.4, 0.5) is 0 Å². The number of aromatic amines is 1. The number of halogens is 1. The van der Waals surface area contributed by atoms with Gasteiger partial charge in [-0.25, -0.2) is 0 Å². The SMILES string of the molecule is COc1cc(Cl)cc(CN2CCCC3(CCc4cn[nH]c43)C2)c1OC. The van der Waals surface area contributed by atoms with Crippen molar-refractivity contribution < 1.29 is 9.47 Å². The Hall–Kier alpha value is -1.72. The lowest BCUT2D eigenvalue weighted by molar-refractivity contribution is 0.135. The third-order valence-electron chi connectivity index (χ3n) is 5.69. The predicted molar refractivity (Wildman–Crippen MR) is 97.7 cm³/mol. The minimum absolute atomic E-state index is 0.222. The first-order chi connectivity index (χ1) is 12.1. The van der Waals surface area contributed by atoms with Gasteiger partial charge >= 0.3 is 0 Å². The van der Waals surface area contributed by atoms with Gasteiger partial charge in [0.25, 0.3) is 0 Å². The van der Waals surface area contributed by atoms with E-state index in [0.29, 0.717) is 10.8 Å². The van der Waals surface area contributed by atoms with Crippen LogP contribution in [0.1, 0.15) is 36.1 Å². The third kappa shape index (κ3) is 2.89. The summed E-state index contributed by atoms with van der Waals surface area (Å²) in [4.78, 5) is 2.51. The van der Waals surface area contributed by atoms with Gasteiger partial charge < -0.3 is 9.47 Å². The molecule has 2 aliphatic rings. The molecule has 6 heteroatoms. The van der Waals surface area contributed by atoms with E-state index < -0.39 is 0 Å². The summed E-state index contributed by atoms with van der Waals surface area (Å²) in [5, 5.41) is 8.21. The van der Waals surface area contributed by atoms with Crippen LogP contribution in [0, 0.1) is 0 Å². The van der Waals surface area contributed by atoms with E-state index in [-0.39, 0.29) is 5.41 Å². The van der Waals surface area contributed by atoms with Crippen LogP contribution in [0.15, 0.2) is 18.3 Å². The summed E-state index contributed by atoms with van der Waals surface area (Å²) in [6.07, 6.45) is 6.76. The minimum atomic E-state index is 0.222. The lowest BCUT2D eigenvalue weighted by atomic mass is 9.77. The van der Waals surface area contributed by atoms with Crippen LogP contribution in [0.3, 0.4) is 0 Å². The van der Waals surface area contributed by atoms with E-state index in [1.54, 1.807) is 20.3 Å². The largest absolute Gasteiger partial charge is 0.493 e. The smallest absolute Gasteiger partial charge is 0.165 e. The molecule has 25 heavy (non-hydrogen) atoms. The molecule has 1 aromatic heterocycles. The molecule has 1 spiro atoms. The Balaban J connectivity index is 1.59. The van der Waals surface area contributed by atoms with Crippen molar-refractivity contribution in [1.29, 1.82) is 0 Å². The van der Waals surface area contributed by atoms with Crippen LogP contribution >= 0.6 is 11.6 Å². The maximum Gasteiger partial charge on any atom is 0.165 e. The van der Waals surface area contributed by atoms with Gasteiger partial charge in [0.2, 0.25) is 0 Å². The van der Waals surface area contributed by atoms with Gasteiger partial charge in [-0.15, -0.1) is 0 Å². The molecule has 134 valence electrons. The van der Waals surface area contributed by atoms with Crippen molar-refractivity contribution in [3.05, 3.63) is 40.2 Å². The van der Waals surface area contributed by atoms with Crippen LogP contribution in [-0.4, -0.2) is 42.4 Å². The number of aromatic nitrogens is 2. The number of benzene rings is 1. The highest BCUT2D eigenvalue weighted by molar-refractivity contribution is 6.30. The van der Waals surface area contributed by atoms with E-state index in [2.05, 4.69) is 15.1 Å². The average molecular weight is 362 g/mol. The first-order valence-electron chi connectivity index (χ1n) is 8.81. The average Bonchev–Trinajstić information content (AvgIpc) is 3.20. The van der Waals surface area contributed by atoms with Crippen LogP contribution in [0.5, 0.6) is 11.5 Å². The van der Waals surface area contributed by atoms with Crippen molar-refractivity contribution in [2.45, 2.75) is 37.6 Å². The first-order valence-corrected chi connectivity index (χ1v) is 9.18. The number of fused-ring (bicyclic) bond motifs is 2. The normalized spacial score (nSPS) is 23.0. The summed E-state index contributed by atoms with van der Waals surface area (Å²) < 4.78 is 11.0. The molecule has 2 heterocycles. The molecule has 1 aliphatic carbocycles. The Labute approximate surface area is 153 Å². The van der Waals surface area contributed by atoms with Crippen molar-refractivity contribution >= 4 is 11.6 Å². The Morgan fingerprint density at radius 2 is 2.16 bits per heavy atom. The molecule has 5 nitrogen and oxygen atoms in total. The van der Waals surface area contributed by atoms with Crippen LogP contribution < -0.4 is 9.47 Å². The number of ether oxygens (including phenoxy) is 2. The zero-order valence-electron chi connectivity index (χ0n) is 14.8. The number of nitrogens with one attached hydrogen (secondary N) is 1. The van der Waals surface area contributed by atoms with E-state index in [9.17, 15) is 0 Å². The number of hydrogen-bond acceptors (Lipinski definition) is 4. The zero-order valence-corrected chi connectivity index (χ0v) is 15.5. The molecule has 1 fully saturated rings. The van der Waals surface area contributed by atoms with Crippen molar-refractivity contribution in [2.75, 3.05) is 27.3 Å². The number of aryl methyl sites for hydroxylation is 1. The maximum absolute atomic E-state index is 6.28. The molecular formula is C19H24ClN3O2. The Morgan fingerprint density at radius 1 is 1.28 bits per heavy atom. The molecule has 4 rings (SSSR count). The third-order valence-corrected chi connectivity index (χ3v) is 5.91. The van der Waals surface area contributed by atoms with Gasteiger partial charge in [0.1, 0.15) is 0 Å². The molecular weight excluding hydrogens is 338 g/mol. The highest BCUT2D eigenvalue weighted by atomic mass is 35.5. The number of methoxy groups -OCH3 is 2. The molecule has 1 saturated heterocycles. The summed E-state index contributed by atoms with van der Waals surface area (Å²) in [5.74, 6) is 1.47. The topological polar surface area (TPSA) is 50.4 Å². The van der Waals surface area contributed by atoms with Gasteiger partial charge in [-0.1, -0.05) is 11.6 Å². The molecule has 0 radical (unpaired) electrons. The summed E-state index contributed by atoms with van der Waals surface area (Å²) >= 11 is 6.28. The fraction of sp³-hybridized carbons (Fsp3) is 0.526. The number of piperidine rings is 1. The van der Waals surface area contributed by atoms with Gasteiger partial charge in [0, 0.05) is 40.9 Å². The fourth-order valence-corrected chi connectivity index (χ4v) is 4.82. The quantitative estimate of drug-likeness (QED) is 0.904. The van der Waals surface area contributed by atoms with Gasteiger partial charge in [0.15, 0.2) is 11.5 Å². The van der Waals surface area contributed by atoms with Crippen molar-refractivity contribution in [3.8, 4) is 11.5 Å². The molecule has 1 aliphatic heterocycles. The zero-order chi connectivity index (χ0) is 17.4. The molecule has 2 aromatic rings. The molecule has 1 atom stereocenters. The Kier molecular flexibility index (Phi) is 4.38. The van der Waals surface area contributed by atoms with E-state index in [1.165, 1.54) is 30.5 Å². The highest BCUT2D eigenvalue weighted by Crippen LogP contribution is 2.44. The molecule has 0 bridgehead atoms. The number of hydrogen-bond donors (Lipinski definition) is 1. The van der Waals surface area contributed by atoms with Gasteiger partial charge in [0.05, 0.1) is 20.4 Å². The number of likely N-dealkylation sites (tertiary alicyclic amines) is 1. The molecule has 0 amide bonds. The second-order valence-corrected chi connectivity index (χ2v) is 7.60. The molecule has 1 N–H and O–H groups in total. The molecule has 0 saturated carbocycles. The van der Waals surface area contributed by atoms with Crippen LogP contribution in [0.2, 0.25) is 5.02 Å². The Morgan fingerprint density at radius 3 is 2.96 bits per heavy atom. The maximum atomic E-state index is 6.28. The van der Waals surface area contributed by atoms with E-state index >= 15 is 0 Å². The number of rotatable bonds is 4. The van der Waals surface area contributed by atoms with Crippen LogP contribution in [0.25, 0.3) is 0 Å². The lowest BCUT2D eigenvalue weighted by Gasteiger charge is -2.40. The second kappa shape index (κ2) is 6.54. The highest BCUT2D eigenvalue weighted by Gasteiger charge is 2.43. The van der Waals surface area contributed by atoms with Crippen molar-refractivity contribution in [3.63, 3.8) is 0 Å². The summed E-state index contributed by atoms with van der Waals surface area (Å²) in [7, 11) is 3.33. The lowest BCUT2D eigenvalue weighted by Crippen LogP contribution is -2.44. The van der Waals surface area contributed by atoms with E-state index in [0.717, 1.165) is 37.4 Å². The van der Waals surface area contributed by atoms with Gasteiger partial charge in [-0.3, -0.25) is 10.00 Å². The first kappa shape index (κ1) is 16.7. The van der Waals surface area contributed by atoms with Crippen molar-refractivity contribution in [1.82, 2.24) is 15.1 Å². The Bertz CT molecular complexity index is 776. The second-order valence-electron chi connectivity index (χ2n) is 7.17. The standard InChI is InChI=1S/C19H24ClN3O2/c1-24-16-9-15(20)8-14(17(16)25-2)11-23-7-3-5-19(12-23)6-4-13-10-21-22-18(13)19/h8-10H,3-7,11-12H2,1-2H3,(H,21,22). The van der Waals surface area contributed by atoms with E-state index in [4.69, 9.17) is 21.1 Å². The van der Waals surface area contributed by atoms with E-state index in [1.807, 2.05) is 12.3 Å². The molecule has 1 unspecified atom stereocenters.